The fourth-order valence-electron chi connectivity index (χ4n) is 2.77. The minimum atomic E-state index is -0.561. The van der Waals surface area contributed by atoms with E-state index in [0.29, 0.717) is 0 Å². The Morgan fingerprint density at radius 1 is 1.50 bits per heavy atom. The van der Waals surface area contributed by atoms with Gasteiger partial charge in [-0.15, -0.1) is 0 Å². The smallest absolute Gasteiger partial charge is 0.271 e. The van der Waals surface area contributed by atoms with Crippen LogP contribution in [-0.2, 0) is 4.79 Å². The van der Waals surface area contributed by atoms with Gasteiger partial charge in [0.2, 0.25) is 5.91 Å². The Kier molecular flexibility index (Phi) is 3.65. The van der Waals surface area contributed by atoms with Crippen molar-refractivity contribution in [2.45, 2.75) is 33.1 Å². The fourth-order valence-corrected chi connectivity index (χ4v) is 2.77. The van der Waals surface area contributed by atoms with Crippen LogP contribution >= 0.6 is 0 Å². The molecule has 1 aromatic rings. The number of hydrogen-bond acceptors (Lipinski definition) is 4. The number of nitro groups is 1. The zero-order valence-electron chi connectivity index (χ0n) is 11.5. The number of non-ortho nitro benzene ring substituents is 1. The lowest BCUT2D eigenvalue weighted by atomic mass is 9.81. The van der Waals surface area contributed by atoms with Gasteiger partial charge >= 0.3 is 0 Å². The number of amides is 1. The first-order valence-electron chi connectivity index (χ1n) is 6.59. The minimum Gasteiger partial charge on any atom is -0.506 e. The van der Waals surface area contributed by atoms with Crippen LogP contribution in [0, 0.1) is 21.4 Å². The van der Waals surface area contributed by atoms with Crippen LogP contribution in [0.3, 0.4) is 0 Å². The monoisotopic (exact) mass is 278 g/mol. The van der Waals surface area contributed by atoms with Gasteiger partial charge in [0.1, 0.15) is 5.75 Å². The van der Waals surface area contributed by atoms with E-state index in [1.54, 1.807) is 0 Å². The highest BCUT2D eigenvalue weighted by atomic mass is 16.6. The second-order valence-electron chi connectivity index (χ2n) is 5.88. The van der Waals surface area contributed by atoms with Gasteiger partial charge in [0.15, 0.2) is 0 Å². The number of aromatic hydroxyl groups is 1. The van der Waals surface area contributed by atoms with E-state index in [9.17, 15) is 20.0 Å². The molecular weight excluding hydrogens is 260 g/mol. The first-order valence-corrected chi connectivity index (χ1v) is 6.59. The summed E-state index contributed by atoms with van der Waals surface area (Å²) in [5.41, 5.74) is -0.156. The molecule has 1 fully saturated rings. The largest absolute Gasteiger partial charge is 0.506 e. The molecular formula is C14H18N2O4. The molecule has 1 saturated carbocycles. The van der Waals surface area contributed by atoms with E-state index in [1.807, 2.05) is 13.8 Å². The van der Waals surface area contributed by atoms with Crippen molar-refractivity contribution in [3.8, 4) is 5.75 Å². The van der Waals surface area contributed by atoms with E-state index in [-0.39, 0.29) is 34.4 Å². The summed E-state index contributed by atoms with van der Waals surface area (Å²) >= 11 is 0. The number of hydrogen-bond donors (Lipinski definition) is 2. The van der Waals surface area contributed by atoms with E-state index in [1.165, 1.54) is 18.2 Å². The highest BCUT2D eigenvalue weighted by molar-refractivity contribution is 5.94. The zero-order chi connectivity index (χ0) is 14.9. The third kappa shape index (κ3) is 2.74. The van der Waals surface area contributed by atoms with Gasteiger partial charge < -0.3 is 10.4 Å². The molecule has 0 spiro atoms. The molecule has 1 amide bonds. The number of benzene rings is 1. The van der Waals surface area contributed by atoms with Crippen molar-refractivity contribution in [1.29, 1.82) is 0 Å². The molecule has 108 valence electrons. The number of phenolic OH excluding ortho intramolecular Hbond substituents is 1. The van der Waals surface area contributed by atoms with Crippen LogP contribution in [0.2, 0.25) is 0 Å². The number of carbonyl (C=O) groups excluding carboxylic acids is 1. The number of nitrogens with zero attached hydrogens (tertiary/aromatic N) is 1. The van der Waals surface area contributed by atoms with Crippen LogP contribution in [0.5, 0.6) is 5.75 Å². The molecule has 0 aromatic heterocycles. The number of nitro benzene ring substituents is 1. The third-order valence-corrected chi connectivity index (χ3v) is 4.02. The quantitative estimate of drug-likeness (QED) is 0.505. The summed E-state index contributed by atoms with van der Waals surface area (Å²) in [6, 6.07) is 3.59. The first-order chi connectivity index (χ1) is 9.31. The van der Waals surface area contributed by atoms with Gasteiger partial charge in [-0.25, -0.2) is 0 Å². The van der Waals surface area contributed by atoms with E-state index >= 15 is 0 Å². The average Bonchev–Trinajstić information content (AvgIpc) is 2.71. The molecule has 0 bridgehead atoms. The van der Waals surface area contributed by atoms with Crippen molar-refractivity contribution in [2.24, 2.45) is 11.3 Å². The van der Waals surface area contributed by atoms with Crippen molar-refractivity contribution in [2.75, 3.05) is 5.32 Å². The van der Waals surface area contributed by atoms with Crippen molar-refractivity contribution in [3.63, 3.8) is 0 Å². The second kappa shape index (κ2) is 5.11. The van der Waals surface area contributed by atoms with Crippen molar-refractivity contribution >= 4 is 17.3 Å². The first kappa shape index (κ1) is 14.3. The van der Waals surface area contributed by atoms with E-state index < -0.39 is 4.92 Å². The number of phenols is 1. The number of anilines is 1. The summed E-state index contributed by atoms with van der Waals surface area (Å²) in [5.74, 6) is -0.496. The molecule has 1 aromatic carbocycles. The lowest BCUT2D eigenvalue weighted by Gasteiger charge is -2.25. The van der Waals surface area contributed by atoms with Crippen LogP contribution < -0.4 is 5.32 Å². The molecule has 6 nitrogen and oxygen atoms in total. The molecule has 1 aliphatic rings. The summed E-state index contributed by atoms with van der Waals surface area (Å²) in [7, 11) is 0. The minimum absolute atomic E-state index is 0.0829. The summed E-state index contributed by atoms with van der Waals surface area (Å²) in [6.07, 6.45) is 2.77. The van der Waals surface area contributed by atoms with Crippen molar-refractivity contribution < 1.29 is 14.8 Å². The maximum Gasteiger partial charge on any atom is 0.271 e. The predicted molar refractivity (Wildman–Crippen MR) is 74.5 cm³/mol. The van der Waals surface area contributed by atoms with Gasteiger partial charge in [0, 0.05) is 18.1 Å². The Balaban J connectivity index is 2.19. The third-order valence-electron chi connectivity index (χ3n) is 4.02. The molecule has 1 aliphatic carbocycles. The summed E-state index contributed by atoms with van der Waals surface area (Å²) < 4.78 is 0. The van der Waals surface area contributed by atoms with Gasteiger partial charge in [-0.05, 0) is 24.3 Å². The Hall–Kier alpha value is -2.11. The highest BCUT2D eigenvalue weighted by Crippen LogP contribution is 2.43. The lowest BCUT2D eigenvalue weighted by Crippen LogP contribution is -2.30. The van der Waals surface area contributed by atoms with Crippen molar-refractivity contribution in [3.05, 3.63) is 28.3 Å². The Morgan fingerprint density at radius 2 is 2.20 bits per heavy atom. The van der Waals surface area contributed by atoms with Gasteiger partial charge in [-0.1, -0.05) is 20.3 Å². The van der Waals surface area contributed by atoms with E-state index in [2.05, 4.69) is 5.32 Å². The Labute approximate surface area is 117 Å². The second-order valence-corrected chi connectivity index (χ2v) is 5.88. The van der Waals surface area contributed by atoms with Gasteiger partial charge in [-0.2, -0.15) is 0 Å². The number of nitrogens with one attached hydrogen (secondary N) is 1. The fraction of sp³-hybridized carbons (Fsp3) is 0.500. The molecule has 2 rings (SSSR count). The normalized spacial score (nSPS) is 20.6. The number of rotatable bonds is 3. The molecule has 0 aliphatic heterocycles. The molecule has 1 atom stereocenters. The van der Waals surface area contributed by atoms with Gasteiger partial charge in [-0.3, -0.25) is 14.9 Å². The van der Waals surface area contributed by atoms with Crippen molar-refractivity contribution in [1.82, 2.24) is 0 Å². The summed E-state index contributed by atoms with van der Waals surface area (Å²) in [5, 5.41) is 23.0. The van der Waals surface area contributed by atoms with Crippen LogP contribution in [0.25, 0.3) is 0 Å². The molecule has 2 N–H and O–H groups in total. The lowest BCUT2D eigenvalue weighted by molar-refractivity contribution is -0.384. The van der Waals surface area contributed by atoms with E-state index in [0.717, 1.165) is 19.3 Å². The molecule has 0 heterocycles. The van der Waals surface area contributed by atoms with Gasteiger partial charge in [0.25, 0.3) is 5.69 Å². The summed E-state index contributed by atoms with van der Waals surface area (Å²) in [6.45, 7) is 4.08. The SMILES string of the molecule is CC1(C)CCCC1C(=O)Nc1cc([N+](=O)[O-])ccc1O. The van der Waals surface area contributed by atoms with Crippen LogP contribution in [0.1, 0.15) is 33.1 Å². The molecule has 0 radical (unpaired) electrons. The maximum absolute atomic E-state index is 12.3. The molecule has 1 unspecified atom stereocenters. The average molecular weight is 278 g/mol. The predicted octanol–water partition coefficient (Wildman–Crippen LogP) is 3.07. The molecule has 20 heavy (non-hydrogen) atoms. The van der Waals surface area contributed by atoms with E-state index in [4.69, 9.17) is 0 Å². The number of carbonyl (C=O) groups is 1. The van der Waals surface area contributed by atoms with Crippen LogP contribution in [0.4, 0.5) is 11.4 Å². The maximum atomic E-state index is 12.3. The highest BCUT2D eigenvalue weighted by Gasteiger charge is 2.39. The zero-order valence-corrected chi connectivity index (χ0v) is 11.5. The standard InChI is InChI=1S/C14H18N2O4/c1-14(2)7-3-4-10(14)13(18)15-11-8-9(16(19)20)5-6-12(11)17/h5-6,8,10,17H,3-4,7H2,1-2H3,(H,15,18). The Morgan fingerprint density at radius 3 is 2.75 bits per heavy atom. The Bertz CT molecular complexity index is 554. The molecule has 0 saturated heterocycles. The van der Waals surface area contributed by atoms with Crippen LogP contribution in [-0.4, -0.2) is 15.9 Å². The topological polar surface area (TPSA) is 92.5 Å². The summed E-state index contributed by atoms with van der Waals surface area (Å²) in [4.78, 5) is 22.4. The molecule has 6 heteroatoms. The van der Waals surface area contributed by atoms with Gasteiger partial charge in [0.05, 0.1) is 10.6 Å². The van der Waals surface area contributed by atoms with Crippen LogP contribution in [0.15, 0.2) is 18.2 Å².